The number of hydrogen-bond donors (Lipinski definition) is 1. The van der Waals surface area contributed by atoms with E-state index in [9.17, 15) is 13.2 Å². The molecule has 120 valence electrons. The highest BCUT2D eigenvalue weighted by atomic mass is 32.2. The highest BCUT2D eigenvalue weighted by Crippen LogP contribution is 2.24. The van der Waals surface area contributed by atoms with Crippen molar-refractivity contribution < 1.29 is 13.2 Å². The van der Waals surface area contributed by atoms with Crippen LogP contribution in [0.3, 0.4) is 0 Å². The zero-order chi connectivity index (χ0) is 15.3. The Morgan fingerprint density at radius 3 is 3.00 bits per heavy atom. The Morgan fingerprint density at radius 1 is 1.32 bits per heavy atom. The Morgan fingerprint density at radius 2 is 2.18 bits per heavy atom. The van der Waals surface area contributed by atoms with Gasteiger partial charge in [-0.2, -0.15) is 24.5 Å². The molecular weight excluding hydrogens is 324 g/mol. The fraction of sp³-hybridized carbons (Fsp3) is 0.615. The largest absolute Gasteiger partial charge is 0.349 e. The maximum Gasteiger partial charge on any atom is 0.279 e. The van der Waals surface area contributed by atoms with Crippen LogP contribution in [0.2, 0.25) is 0 Å². The number of nitrogens with zero attached hydrogens (tertiary/aromatic N) is 3. The highest BCUT2D eigenvalue weighted by Gasteiger charge is 2.41. The van der Waals surface area contributed by atoms with E-state index in [2.05, 4.69) is 9.29 Å². The van der Waals surface area contributed by atoms with Crippen LogP contribution in [0.5, 0.6) is 0 Å². The van der Waals surface area contributed by atoms with Gasteiger partial charge in [0.05, 0.1) is 11.6 Å². The Kier molecular flexibility index (Phi) is 3.48. The molecule has 2 saturated heterocycles. The summed E-state index contributed by atoms with van der Waals surface area (Å²) in [4.78, 5) is 14.5. The number of thioether (sulfide) groups is 1. The molecule has 1 amide bonds. The van der Waals surface area contributed by atoms with Gasteiger partial charge in [-0.05, 0) is 6.07 Å². The van der Waals surface area contributed by atoms with Crippen molar-refractivity contribution in [3.8, 4) is 0 Å². The fourth-order valence-electron chi connectivity index (χ4n) is 3.31. The molecule has 0 spiro atoms. The van der Waals surface area contributed by atoms with Crippen LogP contribution in [-0.4, -0.2) is 66.1 Å². The summed E-state index contributed by atoms with van der Waals surface area (Å²) in [5, 5.41) is 0. The molecule has 0 aromatic carbocycles. The molecule has 0 saturated carbocycles. The van der Waals surface area contributed by atoms with Crippen LogP contribution in [0.15, 0.2) is 12.3 Å². The van der Waals surface area contributed by atoms with Gasteiger partial charge in [0.25, 0.3) is 16.1 Å². The van der Waals surface area contributed by atoms with Crippen molar-refractivity contribution in [3.05, 3.63) is 23.5 Å². The summed E-state index contributed by atoms with van der Waals surface area (Å²) in [6.45, 7) is 2.61. The topological polar surface area (TPSA) is 74.7 Å². The average Bonchev–Trinajstić information content (AvgIpc) is 3.07. The quantitative estimate of drug-likeness (QED) is 0.761. The first-order valence-electron chi connectivity index (χ1n) is 7.37. The van der Waals surface area contributed by atoms with E-state index < -0.39 is 10.2 Å². The molecule has 1 aromatic rings. The van der Waals surface area contributed by atoms with Crippen LogP contribution >= 0.6 is 11.8 Å². The van der Waals surface area contributed by atoms with Gasteiger partial charge in [-0.15, -0.1) is 0 Å². The van der Waals surface area contributed by atoms with Crippen molar-refractivity contribution in [1.82, 2.24) is 18.5 Å². The maximum atomic E-state index is 12.7. The van der Waals surface area contributed by atoms with Crippen molar-refractivity contribution >= 4 is 27.9 Å². The van der Waals surface area contributed by atoms with E-state index in [0.717, 1.165) is 23.6 Å². The van der Waals surface area contributed by atoms with Crippen LogP contribution in [0.1, 0.15) is 16.1 Å². The number of aryl methyl sites for hydroxylation is 1. The summed E-state index contributed by atoms with van der Waals surface area (Å²) in [7, 11) is -3.32. The third-order valence-corrected chi connectivity index (χ3v) is 7.09. The molecule has 3 aliphatic rings. The number of hydrogen-bond acceptors (Lipinski definition) is 4. The van der Waals surface area contributed by atoms with Crippen LogP contribution in [0, 0.1) is 0 Å². The van der Waals surface area contributed by atoms with Gasteiger partial charge in [-0.25, -0.2) is 4.72 Å². The predicted molar refractivity (Wildman–Crippen MR) is 83.9 cm³/mol. The number of rotatable bonds is 1. The van der Waals surface area contributed by atoms with E-state index in [0.29, 0.717) is 26.2 Å². The first-order valence-corrected chi connectivity index (χ1v) is 9.96. The fourth-order valence-corrected chi connectivity index (χ4v) is 5.67. The first-order chi connectivity index (χ1) is 10.5. The molecule has 1 N–H and O–H groups in total. The summed E-state index contributed by atoms with van der Waals surface area (Å²) >= 11 is 1.88. The molecule has 2 fully saturated rings. The summed E-state index contributed by atoms with van der Waals surface area (Å²) in [5.74, 6) is 2.04. The number of amides is 1. The van der Waals surface area contributed by atoms with Gasteiger partial charge in [-0.1, -0.05) is 0 Å². The van der Waals surface area contributed by atoms with E-state index in [1.54, 1.807) is 4.90 Å². The second-order valence-corrected chi connectivity index (χ2v) is 8.65. The van der Waals surface area contributed by atoms with Crippen LogP contribution < -0.4 is 4.72 Å². The van der Waals surface area contributed by atoms with Gasteiger partial charge >= 0.3 is 0 Å². The van der Waals surface area contributed by atoms with E-state index >= 15 is 0 Å². The molecule has 4 rings (SSSR count). The average molecular weight is 342 g/mol. The molecule has 22 heavy (non-hydrogen) atoms. The number of carbonyl (C=O) groups is 1. The summed E-state index contributed by atoms with van der Waals surface area (Å²) in [6.07, 6.45) is 1.94. The first kappa shape index (κ1) is 14.6. The molecule has 7 nitrogen and oxygen atoms in total. The lowest BCUT2D eigenvalue weighted by molar-refractivity contribution is 0.0649. The maximum absolute atomic E-state index is 12.7. The third kappa shape index (κ3) is 2.36. The highest BCUT2D eigenvalue weighted by molar-refractivity contribution is 7.98. The Balaban J connectivity index is 1.51. The predicted octanol–water partition coefficient (Wildman–Crippen LogP) is -0.291. The Bertz CT molecular complexity index is 691. The standard InChI is InChI=1S/C13H18N4O3S2/c18-13(10-5-11-9-21-4-3-15(11)7-10)16-1-2-17-12(8-16)6-14-22(17,19)20/h5,7,12,14H,1-4,6,8-9H2. The van der Waals surface area contributed by atoms with E-state index in [4.69, 9.17) is 0 Å². The van der Waals surface area contributed by atoms with Gasteiger partial charge in [0.1, 0.15) is 0 Å². The Hall–Kier alpha value is -1.03. The monoisotopic (exact) mass is 342 g/mol. The molecule has 0 bridgehead atoms. The molecule has 9 heteroatoms. The number of aromatic nitrogens is 1. The minimum absolute atomic E-state index is 0.0100. The number of fused-ring (bicyclic) bond motifs is 2. The minimum Gasteiger partial charge on any atom is -0.349 e. The molecule has 1 unspecified atom stereocenters. The molecule has 4 heterocycles. The molecular formula is C13H18N4O3S2. The van der Waals surface area contributed by atoms with Gasteiger partial charge in [0.2, 0.25) is 0 Å². The van der Waals surface area contributed by atoms with E-state index in [1.165, 1.54) is 10.00 Å². The van der Waals surface area contributed by atoms with Gasteiger partial charge in [0.15, 0.2) is 0 Å². The smallest absolute Gasteiger partial charge is 0.279 e. The number of carbonyl (C=O) groups excluding carboxylic acids is 1. The second-order valence-electron chi connectivity index (χ2n) is 5.84. The van der Waals surface area contributed by atoms with Crippen molar-refractivity contribution in [2.45, 2.75) is 18.3 Å². The molecule has 1 aromatic heterocycles. The lowest BCUT2D eigenvalue weighted by atomic mass is 10.2. The van der Waals surface area contributed by atoms with Crippen molar-refractivity contribution in [2.24, 2.45) is 0 Å². The normalized spacial score (nSPS) is 27.5. The number of nitrogens with one attached hydrogen (secondary N) is 1. The van der Waals surface area contributed by atoms with Crippen LogP contribution in [0.4, 0.5) is 0 Å². The third-order valence-electron chi connectivity index (χ3n) is 4.49. The van der Waals surface area contributed by atoms with Crippen LogP contribution in [0.25, 0.3) is 0 Å². The lowest BCUT2D eigenvalue weighted by Gasteiger charge is -2.35. The minimum atomic E-state index is -3.32. The van der Waals surface area contributed by atoms with Crippen LogP contribution in [-0.2, 0) is 22.5 Å². The summed E-state index contributed by atoms with van der Waals surface area (Å²) < 4.78 is 29.7. The zero-order valence-electron chi connectivity index (χ0n) is 12.1. The van der Waals surface area contributed by atoms with Crippen molar-refractivity contribution in [2.75, 3.05) is 31.9 Å². The van der Waals surface area contributed by atoms with Gasteiger partial charge in [-0.3, -0.25) is 4.79 Å². The number of piperazine rings is 1. The molecule has 0 aliphatic carbocycles. The van der Waals surface area contributed by atoms with Crippen molar-refractivity contribution in [1.29, 1.82) is 0 Å². The molecule has 0 radical (unpaired) electrons. The van der Waals surface area contributed by atoms with E-state index in [1.807, 2.05) is 24.0 Å². The Labute approximate surface area is 133 Å². The summed E-state index contributed by atoms with van der Waals surface area (Å²) in [6, 6.07) is 1.83. The SMILES string of the molecule is O=C(c1cc2n(c1)CCSC2)N1CCN2C(CNS2(=O)=O)C1. The van der Waals surface area contributed by atoms with Crippen molar-refractivity contribution in [3.63, 3.8) is 0 Å². The second kappa shape index (κ2) is 5.26. The van der Waals surface area contributed by atoms with Gasteiger partial charge < -0.3 is 9.47 Å². The lowest BCUT2D eigenvalue weighted by Crippen LogP contribution is -2.53. The summed E-state index contributed by atoms with van der Waals surface area (Å²) in [5.41, 5.74) is 1.92. The molecule has 3 aliphatic heterocycles. The van der Waals surface area contributed by atoms with Gasteiger partial charge in [0, 0.05) is 56.1 Å². The zero-order valence-corrected chi connectivity index (χ0v) is 13.7. The van der Waals surface area contributed by atoms with E-state index in [-0.39, 0.29) is 11.9 Å². The molecule has 1 atom stereocenters.